The summed E-state index contributed by atoms with van der Waals surface area (Å²) < 4.78 is 10.2. The average Bonchev–Trinajstić information content (AvgIpc) is 1.63. The van der Waals surface area contributed by atoms with Crippen molar-refractivity contribution in [1.29, 1.82) is 21.0 Å². The number of nitrogens with zero attached hydrogens (tertiary/aromatic N) is 20. The fraction of sp³-hybridized carbons (Fsp3) is 0.325. The van der Waals surface area contributed by atoms with Crippen LogP contribution in [0.3, 0.4) is 0 Å². The van der Waals surface area contributed by atoms with Gasteiger partial charge in [0.15, 0.2) is 0 Å². The molecule has 0 spiro atoms. The quantitative estimate of drug-likeness (QED) is 0.109. The van der Waals surface area contributed by atoms with Crippen LogP contribution in [0.15, 0.2) is 196 Å². The van der Waals surface area contributed by atoms with Crippen LogP contribution in [0.5, 0.6) is 0 Å². The Labute approximate surface area is 605 Å². The van der Waals surface area contributed by atoms with Crippen LogP contribution in [0, 0.1) is 45.3 Å². The van der Waals surface area contributed by atoms with E-state index in [-0.39, 0.29) is 47.0 Å². The van der Waals surface area contributed by atoms with Crippen LogP contribution in [0.4, 0.5) is 22.2 Å². The fourth-order valence-electron chi connectivity index (χ4n) is 14.5. The van der Waals surface area contributed by atoms with E-state index < -0.39 is 0 Å². The Morgan fingerprint density at radius 2 is 0.962 bits per heavy atom. The first-order chi connectivity index (χ1) is 51.2. The van der Waals surface area contributed by atoms with E-state index in [1.807, 2.05) is 103 Å². The Balaban J connectivity index is 0.000000124. The molecule has 105 heavy (non-hydrogen) atoms. The lowest BCUT2D eigenvalue weighted by Crippen LogP contribution is -2.52. The molecule has 4 aromatic carbocycles. The van der Waals surface area contributed by atoms with Gasteiger partial charge < -0.3 is 42.5 Å². The van der Waals surface area contributed by atoms with Crippen molar-refractivity contribution in [3.05, 3.63) is 252 Å². The van der Waals surface area contributed by atoms with Gasteiger partial charge in [-0.3, -0.25) is 51.3 Å². The Bertz CT molecular complexity index is 4920. The average molecular weight is 1410 g/mol. The highest BCUT2D eigenvalue weighted by Crippen LogP contribution is 2.31. The molecule has 2 amide bonds. The highest BCUT2D eigenvalue weighted by atomic mass is 16.2. The van der Waals surface area contributed by atoms with Crippen LogP contribution in [0.25, 0.3) is 16.8 Å². The van der Waals surface area contributed by atoms with Crippen LogP contribution in [0.1, 0.15) is 95.9 Å². The standard InChI is InChI=1S/C20H22N6O.3C19H20N6O/c21-11-15-4-1-2-5-16(15)12-25-19(24-9-3-6-17(22)13-24)10-18-7-8-23-14-26(18)20(25)27;20-11-14-4-1-2-5-15(14)12-25-18(23-8-3-6-16(21)13-23)10-17-22-7-9-24(17)19(25)26;20-10-14-4-1-2-5-15(14)11-25-17(23-8-3-6-16(21)12-23)13-24-9-7-22-18(24)19(25)26;20-8-14-4-1-2-5-15(14)10-25-18(23-7-3-6-16(21)11-23)12-24-13-22-9-17(24)19(25)26/h1-2,4-5,7-8,10,17H,3,6,9,12-14,22H2;1-2,4-5,7,9-10,16H,3,6,8,12-13,21H2;1-2,4-5,7,9,13,16H,3,6,8,11-12,21H2;1-2,4-5,9,12-13,16H,3,6-7,10-11,21H2/t17-;3*16-/m1111/s1. The number of benzene rings is 4. The molecule has 0 saturated carbocycles. The predicted molar refractivity (Wildman–Crippen MR) is 400 cm³/mol. The number of carbonyl (C=O) groups is 1. The number of imidazole rings is 3. The second-order valence-electron chi connectivity index (χ2n) is 27.0. The molecular weight excluding hydrogens is 1330 g/mol. The third-order valence-electron chi connectivity index (χ3n) is 19.8. The molecule has 6 aromatic heterocycles. The number of likely N-dealkylation sites (tertiary alicyclic amines) is 1. The predicted octanol–water partition coefficient (Wildman–Crippen LogP) is 6.02. The second-order valence-corrected chi connectivity index (χ2v) is 27.0. The minimum absolute atomic E-state index is 0.0923. The van der Waals surface area contributed by atoms with Gasteiger partial charge in [0.25, 0.3) is 11.1 Å². The Morgan fingerprint density at radius 1 is 0.505 bits per heavy atom. The molecule has 4 saturated heterocycles. The summed E-state index contributed by atoms with van der Waals surface area (Å²) in [5, 5.41) is 37.5. The van der Waals surface area contributed by atoms with E-state index in [9.17, 15) is 40.2 Å². The molecule has 12 heterocycles. The number of aliphatic imine (C=N–C) groups is 1. The zero-order chi connectivity index (χ0) is 73.1. The van der Waals surface area contributed by atoms with Gasteiger partial charge in [-0.1, -0.05) is 72.8 Å². The SMILES string of the molecule is N#Cc1ccccc1CN1C(=O)N2CN=CC=C2C=C1N1CCC[C@@H](N)C1.N#Cc1ccccc1Cn1c(N2CCC[C@@H](N)C2)cc2nccn2c1=O.N#Cc1ccccc1Cn1c(N2CCC[C@@H](N)C2)cn2ccnc2c1=O.N#Cc1ccccc1Cn1c(N2CCC[C@@H](N)C2)cn2cncc2c1=O. The molecule has 0 bridgehead atoms. The molecular formula is C77H82N24O4. The minimum Gasteiger partial charge on any atom is -0.356 e. The molecule has 10 aromatic rings. The number of allylic oxidation sites excluding steroid dienone is 2. The highest BCUT2D eigenvalue weighted by Gasteiger charge is 2.36. The number of amides is 2. The molecule has 534 valence electrons. The lowest BCUT2D eigenvalue weighted by atomic mass is 10.1. The number of aromatic nitrogens is 9. The summed E-state index contributed by atoms with van der Waals surface area (Å²) in [5.74, 6) is 3.27. The number of carbonyl (C=O) groups excluding carboxylic acids is 1. The number of hydrogen-bond donors (Lipinski definition) is 4. The van der Waals surface area contributed by atoms with Crippen molar-refractivity contribution in [2.75, 3.05) is 73.7 Å². The molecule has 28 nitrogen and oxygen atoms in total. The van der Waals surface area contributed by atoms with E-state index >= 15 is 0 Å². The van der Waals surface area contributed by atoms with Crippen molar-refractivity contribution in [2.45, 2.75) is 102 Å². The van der Waals surface area contributed by atoms with Gasteiger partial charge in [0, 0.05) is 120 Å². The third kappa shape index (κ3) is 15.7. The number of fused-ring (bicyclic) bond motifs is 4. The summed E-state index contributed by atoms with van der Waals surface area (Å²) in [6.45, 7) is 7.91. The topological polar surface area (TPSA) is 366 Å². The van der Waals surface area contributed by atoms with E-state index in [2.05, 4.69) is 63.8 Å². The summed E-state index contributed by atoms with van der Waals surface area (Å²) >= 11 is 0. The van der Waals surface area contributed by atoms with E-state index in [0.717, 1.165) is 135 Å². The van der Waals surface area contributed by atoms with E-state index in [0.29, 0.717) is 91.5 Å². The highest BCUT2D eigenvalue weighted by molar-refractivity contribution is 5.85. The maximum Gasteiger partial charge on any atom is 0.335 e. The van der Waals surface area contributed by atoms with Gasteiger partial charge in [-0.25, -0.2) is 24.5 Å². The monoisotopic (exact) mass is 1410 g/mol. The van der Waals surface area contributed by atoms with Crippen molar-refractivity contribution in [1.82, 2.24) is 56.6 Å². The fourth-order valence-corrected chi connectivity index (χ4v) is 14.5. The number of hydrogen-bond acceptors (Lipinski definition) is 20. The van der Waals surface area contributed by atoms with E-state index in [4.69, 9.17) is 22.9 Å². The summed E-state index contributed by atoms with van der Waals surface area (Å²) in [7, 11) is 0. The van der Waals surface area contributed by atoms with Crippen LogP contribution in [-0.2, 0) is 26.2 Å². The van der Waals surface area contributed by atoms with Crippen molar-refractivity contribution >= 4 is 46.5 Å². The zero-order valence-corrected chi connectivity index (χ0v) is 58.2. The van der Waals surface area contributed by atoms with Crippen LogP contribution < -0.4 is 54.4 Å². The largest absolute Gasteiger partial charge is 0.356 e. The summed E-state index contributed by atoms with van der Waals surface area (Å²) in [6.07, 6.45) is 27.3. The third-order valence-corrected chi connectivity index (χ3v) is 19.8. The summed E-state index contributed by atoms with van der Waals surface area (Å²) in [4.78, 5) is 81.3. The van der Waals surface area contributed by atoms with Crippen molar-refractivity contribution in [3.63, 3.8) is 0 Å². The van der Waals surface area contributed by atoms with Crippen molar-refractivity contribution < 1.29 is 4.79 Å². The molecule has 4 fully saturated rings. The number of nitriles is 4. The normalized spacial score (nSPS) is 18.6. The van der Waals surface area contributed by atoms with Gasteiger partial charge in [0.1, 0.15) is 41.1 Å². The van der Waals surface area contributed by atoms with E-state index in [1.165, 1.54) is 4.40 Å². The number of nitrogens with two attached hydrogens (primary N) is 4. The first-order valence-electron chi connectivity index (χ1n) is 35.3. The molecule has 0 aliphatic carbocycles. The Kier molecular flexibility index (Phi) is 21.8. The Hall–Kier alpha value is -12.4. The molecule has 28 heteroatoms. The summed E-state index contributed by atoms with van der Waals surface area (Å²) in [5.41, 5.74) is 32.1. The lowest BCUT2D eigenvalue weighted by molar-refractivity contribution is 0.135. The number of piperidine rings is 4. The Morgan fingerprint density at radius 3 is 1.49 bits per heavy atom. The lowest BCUT2D eigenvalue weighted by Gasteiger charge is -2.43. The second kappa shape index (κ2) is 32.3. The van der Waals surface area contributed by atoms with Gasteiger partial charge in [-0.2, -0.15) is 21.0 Å². The van der Waals surface area contributed by atoms with Gasteiger partial charge >= 0.3 is 11.7 Å². The van der Waals surface area contributed by atoms with Gasteiger partial charge in [-0.05, 0) is 104 Å². The molecule has 4 atom stereocenters. The molecule has 8 N–H and O–H groups in total. The maximum atomic E-state index is 13.3. The van der Waals surface area contributed by atoms with Gasteiger partial charge in [-0.15, -0.1) is 0 Å². The molecule has 0 radical (unpaired) electrons. The van der Waals surface area contributed by atoms with Crippen LogP contribution in [-0.4, -0.2) is 152 Å². The van der Waals surface area contributed by atoms with Crippen molar-refractivity contribution in [2.24, 2.45) is 27.9 Å². The smallest absolute Gasteiger partial charge is 0.335 e. The number of anilines is 3. The maximum absolute atomic E-state index is 13.3. The first-order valence-corrected chi connectivity index (χ1v) is 35.3. The minimum atomic E-state index is -0.167. The van der Waals surface area contributed by atoms with E-state index in [1.54, 1.807) is 100 Å². The van der Waals surface area contributed by atoms with Crippen molar-refractivity contribution in [3.8, 4) is 24.3 Å². The van der Waals surface area contributed by atoms with Crippen LogP contribution >= 0.6 is 0 Å². The number of urea groups is 1. The molecule has 0 unspecified atom stereocenters. The van der Waals surface area contributed by atoms with Crippen LogP contribution in [0.2, 0.25) is 0 Å². The molecule has 16 rings (SSSR count). The first kappa shape index (κ1) is 71.0. The van der Waals surface area contributed by atoms with Gasteiger partial charge in [0.05, 0.1) is 103 Å². The molecule has 6 aliphatic heterocycles. The number of rotatable bonds is 12. The summed E-state index contributed by atoms with van der Waals surface area (Å²) in [6, 6.07) is 40.5. The zero-order valence-electron chi connectivity index (χ0n) is 58.2. The van der Waals surface area contributed by atoms with Gasteiger partial charge in [0.2, 0.25) is 5.65 Å². The molecule has 6 aliphatic rings.